The molecule has 5 aromatic rings. The number of thiazole rings is 1. The van der Waals surface area contributed by atoms with Crippen LogP contribution >= 0.6 is 22.7 Å². The lowest BCUT2D eigenvalue weighted by Crippen LogP contribution is -1.82. The normalized spacial score (nSPS) is 11.1. The molecule has 5 rings (SSSR count). The highest BCUT2D eigenvalue weighted by Crippen LogP contribution is 2.46. The van der Waals surface area contributed by atoms with Crippen LogP contribution in [-0.4, -0.2) is 4.98 Å². The Hall–Kier alpha value is -2.75. The second-order valence-corrected chi connectivity index (χ2v) is 7.97. The number of thiophene rings is 1. The molecule has 0 bridgehead atoms. The van der Waals surface area contributed by atoms with E-state index in [1.54, 1.807) is 11.3 Å². The van der Waals surface area contributed by atoms with Gasteiger partial charge >= 0.3 is 0 Å². The fourth-order valence-electron chi connectivity index (χ4n) is 3.34. The first-order chi connectivity index (χ1) is 12.9. The molecule has 0 N–H and O–H groups in total. The Morgan fingerprint density at radius 3 is 2.00 bits per heavy atom. The molecule has 0 fully saturated rings. The molecule has 26 heavy (non-hydrogen) atoms. The molecule has 0 saturated carbocycles. The molecule has 0 radical (unpaired) electrons. The number of hydrogen-bond acceptors (Lipinski definition) is 3. The topological polar surface area (TPSA) is 12.9 Å². The van der Waals surface area contributed by atoms with Gasteiger partial charge in [-0.25, -0.2) is 4.98 Å². The average Bonchev–Trinajstić information content (AvgIpc) is 3.36. The van der Waals surface area contributed by atoms with E-state index < -0.39 is 0 Å². The van der Waals surface area contributed by atoms with Crippen LogP contribution in [0.25, 0.3) is 42.2 Å². The van der Waals surface area contributed by atoms with Crippen LogP contribution in [0.15, 0.2) is 90.4 Å². The molecule has 0 spiro atoms. The van der Waals surface area contributed by atoms with Gasteiger partial charge in [-0.15, -0.1) is 22.7 Å². The van der Waals surface area contributed by atoms with Gasteiger partial charge in [0.1, 0.15) is 5.01 Å². The number of aromatic nitrogens is 1. The Morgan fingerprint density at radius 1 is 0.615 bits per heavy atom. The summed E-state index contributed by atoms with van der Waals surface area (Å²) in [7, 11) is 0. The van der Waals surface area contributed by atoms with Crippen LogP contribution in [0.1, 0.15) is 0 Å². The summed E-state index contributed by atoms with van der Waals surface area (Å²) in [5.41, 5.74) is 3.80. The maximum Gasteiger partial charge on any atom is 0.133 e. The Balaban J connectivity index is 1.80. The van der Waals surface area contributed by atoms with Gasteiger partial charge in [0.25, 0.3) is 0 Å². The Bertz CT molecular complexity index is 1170. The van der Waals surface area contributed by atoms with Crippen molar-refractivity contribution in [2.45, 2.75) is 0 Å². The van der Waals surface area contributed by atoms with Gasteiger partial charge in [0.2, 0.25) is 0 Å². The lowest BCUT2D eigenvalue weighted by Gasteiger charge is -2.09. The zero-order chi connectivity index (χ0) is 17.3. The number of fused-ring (bicyclic) bond motifs is 1. The van der Waals surface area contributed by atoms with Gasteiger partial charge in [-0.2, -0.15) is 0 Å². The van der Waals surface area contributed by atoms with Gasteiger partial charge in [0.15, 0.2) is 0 Å². The van der Waals surface area contributed by atoms with Crippen molar-refractivity contribution in [3.8, 4) is 31.5 Å². The number of benzene rings is 3. The third-order valence-corrected chi connectivity index (χ3v) is 6.68. The van der Waals surface area contributed by atoms with Crippen LogP contribution in [0.4, 0.5) is 0 Å². The quantitative estimate of drug-likeness (QED) is 0.324. The minimum absolute atomic E-state index is 1.09. The van der Waals surface area contributed by atoms with E-state index in [0.29, 0.717) is 0 Å². The van der Waals surface area contributed by atoms with Gasteiger partial charge in [-0.3, -0.25) is 0 Å². The summed E-state index contributed by atoms with van der Waals surface area (Å²) in [6.07, 6.45) is 1.88. The maximum atomic E-state index is 4.55. The molecule has 124 valence electrons. The summed E-state index contributed by atoms with van der Waals surface area (Å²) in [5, 5.41) is 5.72. The van der Waals surface area contributed by atoms with Crippen LogP contribution in [0.5, 0.6) is 0 Å². The number of hydrogen-bond donors (Lipinski definition) is 0. The van der Waals surface area contributed by atoms with Crippen molar-refractivity contribution in [1.29, 1.82) is 0 Å². The highest BCUT2D eigenvalue weighted by atomic mass is 32.1. The molecule has 0 aliphatic heterocycles. The lowest BCUT2D eigenvalue weighted by atomic mass is 9.97. The standard InChI is InChI=1S/C23H15NS2/c1-2-8-16(9-3-1)17-10-4-5-11-18(17)21-19-12-6-7-13-20(19)22(26-21)23-24-14-15-25-23/h1-15H. The van der Waals surface area contributed by atoms with Crippen LogP contribution in [0.2, 0.25) is 0 Å². The predicted octanol–water partition coefficient (Wildman–Crippen LogP) is 7.36. The van der Waals surface area contributed by atoms with Crippen molar-refractivity contribution < 1.29 is 0 Å². The van der Waals surface area contributed by atoms with E-state index in [2.05, 4.69) is 83.8 Å². The van der Waals surface area contributed by atoms with Crippen molar-refractivity contribution >= 4 is 33.4 Å². The van der Waals surface area contributed by atoms with E-state index in [-0.39, 0.29) is 0 Å². The Kier molecular flexibility index (Phi) is 3.89. The lowest BCUT2D eigenvalue weighted by molar-refractivity contribution is 1.43. The molecule has 1 nitrogen and oxygen atoms in total. The third-order valence-electron chi connectivity index (χ3n) is 4.50. The molecule has 0 aliphatic carbocycles. The summed E-state index contributed by atoms with van der Waals surface area (Å²) in [5.74, 6) is 0. The van der Waals surface area contributed by atoms with Gasteiger partial charge in [0, 0.05) is 32.8 Å². The molecule has 3 aromatic carbocycles. The molecular formula is C23H15NS2. The highest BCUT2D eigenvalue weighted by molar-refractivity contribution is 7.24. The van der Waals surface area contributed by atoms with Gasteiger partial charge in [-0.05, 0) is 11.1 Å². The van der Waals surface area contributed by atoms with Crippen LogP contribution in [0, 0.1) is 0 Å². The van der Waals surface area contributed by atoms with E-state index >= 15 is 0 Å². The smallest absolute Gasteiger partial charge is 0.133 e. The first-order valence-electron chi connectivity index (χ1n) is 8.48. The maximum absolute atomic E-state index is 4.55. The highest BCUT2D eigenvalue weighted by Gasteiger charge is 2.17. The van der Waals surface area contributed by atoms with Gasteiger partial charge < -0.3 is 0 Å². The zero-order valence-electron chi connectivity index (χ0n) is 13.9. The minimum atomic E-state index is 1.09. The van der Waals surface area contributed by atoms with Crippen LogP contribution < -0.4 is 0 Å². The average molecular weight is 370 g/mol. The van der Waals surface area contributed by atoms with Crippen molar-refractivity contribution in [3.05, 3.63) is 90.4 Å². The van der Waals surface area contributed by atoms with Crippen molar-refractivity contribution in [1.82, 2.24) is 4.98 Å². The molecule has 0 amide bonds. The van der Waals surface area contributed by atoms with Crippen molar-refractivity contribution in [2.24, 2.45) is 0 Å². The summed E-state index contributed by atoms with van der Waals surface area (Å²) in [6.45, 7) is 0. The predicted molar refractivity (Wildman–Crippen MR) is 114 cm³/mol. The zero-order valence-corrected chi connectivity index (χ0v) is 15.6. The van der Waals surface area contributed by atoms with E-state index in [9.17, 15) is 0 Å². The SMILES string of the molecule is c1ccc(-c2ccccc2-c2sc(-c3nccs3)c3ccccc23)cc1. The molecule has 3 heteroatoms. The van der Waals surface area contributed by atoms with E-state index in [1.807, 2.05) is 22.9 Å². The molecule has 0 aliphatic rings. The van der Waals surface area contributed by atoms with Gasteiger partial charge in [0.05, 0.1) is 4.88 Å². The largest absolute Gasteiger partial charge is 0.244 e. The fourth-order valence-corrected chi connectivity index (χ4v) is 5.40. The molecule has 2 aromatic heterocycles. The summed E-state index contributed by atoms with van der Waals surface area (Å²) < 4.78 is 0. The second kappa shape index (κ2) is 6.52. The monoisotopic (exact) mass is 369 g/mol. The van der Waals surface area contributed by atoms with E-state index in [0.717, 1.165) is 5.01 Å². The summed E-state index contributed by atoms with van der Waals surface area (Å²) in [4.78, 5) is 7.12. The molecule has 0 saturated heterocycles. The van der Waals surface area contributed by atoms with Gasteiger partial charge in [-0.1, -0.05) is 78.9 Å². The summed E-state index contributed by atoms with van der Waals surface area (Å²) >= 11 is 3.54. The van der Waals surface area contributed by atoms with Crippen molar-refractivity contribution in [2.75, 3.05) is 0 Å². The van der Waals surface area contributed by atoms with Crippen LogP contribution in [0.3, 0.4) is 0 Å². The molecular weight excluding hydrogens is 354 g/mol. The van der Waals surface area contributed by atoms with E-state index in [1.165, 1.54) is 37.2 Å². The first kappa shape index (κ1) is 15.5. The Labute approximate surface area is 160 Å². The molecule has 0 unspecified atom stereocenters. The summed E-state index contributed by atoms with van der Waals surface area (Å²) in [6, 6.07) is 27.9. The Morgan fingerprint density at radius 2 is 1.27 bits per heavy atom. The fraction of sp³-hybridized carbons (Fsp3) is 0. The van der Waals surface area contributed by atoms with Crippen LogP contribution in [-0.2, 0) is 0 Å². The van der Waals surface area contributed by atoms with E-state index in [4.69, 9.17) is 0 Å². The molecule has 2 heterocycles. The second-order valence-electron chi connectivity index (χ2n) is 6.05. The first-order valence-corrected chi connectivity index (χ1v) is 10.2. The number of rotatable bonds is 3. The number of nitrogens with zero attached hydrogens (tertiary/aromatic N) is 1. The third kappa shape index (κ3) is 2.57. The molecule has 0 atom stereocenters. The minimum Gasteiger partial charge on any atom is -0.244 e. The van der Waals surface area contributed by atoms with Crippen molar-refractivity contribution in [3.63, 3.8) is 0 Å².